The number of aliphatic hydroxyl groups excluding tert-OH is 8. The second-order valence-electron chi connectivity index (χ2n) is 25.3. The van der Waals surface area contributed by atoms with Gasteiger partial charge in [-0.1, -0.05) is 280 Å². The zero-order valence-corrected chi connectivity index (χ0v) is 55.3. The van der Waals surface area contributed by atoms with Gasteiger partial charge in [0.15, 0.2) is 12.6 Å². The van der Waals surface area contributed by atoms with Gasteiger partial charge in [-0.05, 0) is 77.0 Å². The molecule has 2 rings (SSSR count). The second-order valence-corrected chi connectivity index (χ2v) is 25.3. The zero-order valence-electron chi connectivity index (χ0n) is 55.3. The van der Waals surface area contributed by atoms with Crippen molar-refractivity contribution < 1.29 is 64.6 Å². The lowest BCUT2D eigenvalue weighted by molar-refractivity contribution is -0.359. The number of hydrogen-bond donors (Lipinski definition) is 9. The summed E-state index contributed by atoms with van der Waals surface area (Å²) in [4.78, 5) is 13.3. The lowest BCUT2D eigenvalue weighted by Crippen LogP contribution is -2.65. The van der Waals surface area contributed by atoms with E-state index < -0.39 is 86.8 Å². The first kappa shape index (κ1) is 80.8. The van der Waals surface area contributed by atoms with Crippen molar-refractivity contribution in [3.05, 3.63) is 60.8 Å². The third-order valence-corrected chi connectivity index (χ3v) is 17.4. The van der Waals surface area contributed by atoms with Gasteiger partial charge < -0.3 is 65.1 Å². The van der Waals surface area contributed by atoms with Crippen LogP contribution in [0.1, 0.15) is 303 Å². The van der Waals surface area contributed by atoms with Crippen LogP contribution in [-0.2, 0) is 23.7 Å². The average Bonchev–Trinajstić information content (AvgIpc) is 1.56. The molecule has 87 heavy (non-hydrogen) atoms. The highest BCUT2D eigenvalue weighted by atomic mass is 16.7. The highest BCUT2D eigenvalue weighted by Gasteiger charge is 2.51. The third kappa shape index (κ3) is 41.7. The van der Waals surface area contributed by atoms with Crippen LogP contribution in [0.25, 0.3) is 0 Å². The predicted molar refractivity (Wildman–Crippen MR) is 355 cm³/mol. The van der Waals surface area contributed by atoms with Gasteiger partial charge in [0.25, 0.3) is 0 Å². The summed E-state index contributed by atoms with van der Waals surface area (Å²) >= 11 is 0. The minimum absolute atomic E-state index is 0.256. The Kier molecular flexibility index (Phi) is 53.5. The second kappa shape index (κ2) is 57.6. The first-order valence-electron chi connectivity index (χ1n) is 36.0. The van der Waals surface area contributed by atoms with Crippen molar-refractivity contribution in [3.63, 3.8) is 0 Å². The van der Waals surface area contributed by atoms with Crippen LogP contribution in [0.5, 0.6) is 0 Å². The summed E-state index contributed by atoms with van der Waals surface area (Å²) in [5.41, 5.74) is 0. The number of carbonyl (C=O) groups is 1. The Balaban J connectivity index is 1.69. The Morgan fingerprint density at radius 3 is 1.20 bits per heavy atom. The van der Waals surface area contributed by atoms with Crippen molar-refractivity contribution in [2.24, 2.45) is 0 Å². The molecule has 2 fully saturated rings. The number of unbranched alkanes of at least 4 members (excludes halogenated alkanes) is 38. The maximum atomic E-state index is 13.3. The number of allylic oxidation sites excluding steroid dienone is 9. The molecule has 0 bridgehead atoms. The SMILES string of the molecule is CCCCCCC/C=C\C/C=C\CCCCCCCCCCCC(=O)NC(COC1OC(CO)C(OC2OC(CO)C(O)C(O)C2O)C(O)C1O)C(O)/C=C/CC/C=C/CC/C=C/CCCCCCCCCCCCCCCCCCCCCCCC. The van der Waals surface area contributed by atoms with Crippen molar-refractivity contribution in [1.29, 1.82) is 0 Å². The fourth-order valence-corrected chi connectivity index (χ4v) is 11.7. The Morgan fingerprint density at radius 1 is 0.414 bits per heavy atom. The summed E-state index contributed by atoms with van der Waals surface area (Å²) < 4.78 is 22.8. The van der Waals surface area contributed by atoms with Crippen LogP contribution in [0.3, 0.4) is 0 Å². The van der Waals surface area contributed by atoms with Gasteiger partial charge in [0.05, 0.1) is 32.0 Å². The van der Waals surface area contributed by atoms with Crippen LogP contribution in [0, 0.1) is 0 Å². The number of hydrogen-bond acceptors (Lipinski definition) is 13. The quantitative estimate of drug-likeness (QED) is 0.0204. The normalized spacial score (nSPS) is 23.6. The van der Waals surface area contributed by atoms with E-state index in [-0.39, 0.29) is 18.9 Å². The molecular formula is C73H133NO13. The molecule has 12 atom stereocenters. The minimum Gasteiger partial charge on any atom is -0.394 e. The summed E-state index contributed by atoms with van der Waals surface area (Å²) in [5, 5.41) is 87.4. The molecular weight excluding hydrogens is 1100 g/mol. The summed E-state index contributed by atoms with van der Waals surface area (Å²) in [6, 6.07) is -0.944. The number of nitrogens with one attached hydrogen (secondary N) is 1. The van der Waals surface area contributed by atoms with Crippen molar-refractivity contribution >= 4 is 5.91 Å². The maximum Gasteiger partial charge on any atom is 0.220 e. The van der Waals surface area contributed by atoms with Gasteiger partial charge >= 0.3 is 0 Å². The van der Waals surface area contributed by atoms with Gasteiger partial charge in [-0.2, -0.15) is 0 Å². The monoisotopic (exact) mass is 1230 g/mol. The highest BCUT2D eigenvalue weighted by Crippen LogP contribution is 2.30. The summed E-state index contributed by atoms with van der Waals surface area (Å²) in [5.74, 6) is -0.256. The molecule has 12 unspecified atom stereocenters. The van der Waals surface area contributed by atoms with E-state index in [4.69, 9.17) is 18.9 Å². The fourth-order valence-electron chi connectivity index (χ4n) is 11.7. The van der Waals surface area contributed by atoms with Crippen LogP contribution in [-0.4, -0.2) is 140 Å². The molecule has 9 N–H and O–H groups in total. The minimum atomic E-state index is -1.80. The van der Waals surface area contributed by atoms with Gasteiger partial charge in [0.2, 0.25) is 5.91 Å². The smallest absolute Gasteiger partial charge is 0.220 e. The molecule has 2 heterocycles. The molecule has 2 saturated heterocycles. The van der Waals surface area contributed by atoms with Crippen molar-refractivity contribution in [2.45, 2.75) is 376 Å². The lowest BCUT2D eigenvalue weighted by atomic mass is 9.97. The van der Waals surface area contributed by atoms with E-state index in [1.165, 1.54) is 212 Å². The predicted octanol–water partition coefficient (Wildman–Crippen LogP) is 14.8. The first-order chi connectivity index (χ1) is 42.6. The average molecular weight is 1230 g/mol. The van der Waals surface area contributed by atoms with E-state index in [1.807, 2.05) is 6.08 Å². The molecule has 2 aliphatic rings. The Morgan fingerprint density at radius 2 is 0.770 bits per heavy atom. The topological polar surface area (TPSA) is 228 Å². The Hall–Kier alpha value is -2.31. The van der Waals surface area contributed by atoms with Gasteiger partial charge in [0.1, 0.15) is 48.8 Å². The molecule has 0 saturated carbocycles. The largest absolute Gasteiger partial charge is 0.394 e. The molecule has 0 aromatic heterocycles. The maximum absolute atomic E-state index is 13.3. The van der Waals surface area contributed by atoms with Gasteiger partial charge in [0, 0.05) is 6.42 Å². The molecule has 0 spiro atoms. The van der Waals surface area contributed by atoms with Crippen molar-refractivity contribution in [1.82, 2.24) is 5.32 Å². The number of rotatable bonds is 59. The van der Waals surface area contributed by atoms with Crippen LogP contribution in [0.4, 0.5) is 0 Å². The number of carbonyl (C=O) groups excluding carboxylic acids is 1. The molecule has 1 amide bonds. The van der Waals surface area contributed by atoms with Crippen LogP contribution >= 0.6 is 0 Å². The van der Waals surface area contributed by atoms with E-state index in [1.54, 1.807) is 6.08 Å². The van der Waals surface area contributed by atoms with Crippen molar-refractivity contribution in [2.75, 3.05) is 19.8 Å². The summed E-state index contributed by atoms with van der Waals surface area (Å²) in [7, 11) is 0. The number of amides is 1. The third-order valence-electron chi connectivity index (χ3n) is 17.4. The molecule has 2 aliphatic heterocycles. The molecule has 14 heteroatoms. The van der Waals surface area contributed by atoms with Crippen LogP contribution in [0.2, 0.25) is 0 Å². The summed E-state index contributed by atoms with van der Waals surface area (Å²) in [6.07, 6.45) is 60.0. The van der Waals surface area contributed by atoms with E-state index in [9.17, 15) is 45.6 Å². The van der Waals surface area contributed by atoms with Gasteiger partial charge in [-0.15, -0.1) is 0 Å². The molecule has 14 nitrogen and oxygen atoms in total. The molecule has 0 aliphatic carbocycles. The van der Waals surface area contributed by atoms with E-state index in [0.29, 0.717) is 12.8 Å². The highest BCUT2D eigenvalue weighted by molar-refractivity contribution is 5.76. The van der Waals surface area contributed by atoms with E-state index in [2.05, 4.69) is 67.8 Å². The lowest BCUT2D eigenvalue weighted by Gasteiger charge is -2.46. The van der Waals surface area contributed by atoms with E-state index >= 15 is 0 Å². The number of ether oxygens (including phenoxy) is 4. The zero-order chi connectivity index (χ0) is 63.1. The van der Waals surface area contributed by atoms with Gasteiger partial charge in [-0.25, -0.2) is 0 Å². The first-order valence-corrected chi connectivity index (χ1v) is 36.0. The fraction of sp³-hybridized carbons (Fsp3) is 0.849. The number of aliphatic hydroxyl groups is 8. The molecule has 0 radical (unpaired) electrons. The van der Waals surface area contributed by atoms with Gasteiger partial charge in [-0.3, -0.25) is 4.79 Å². The van der Waals surface area contributed by atoms with Crippen LogP contribution < -0.4 is 5.32 Å². The summed E-state index contributed by atoms with van der Waals surface area (Å²) in [6.45, 7) is 2.79. The molecule has 0 aromatic carbocycles. The molecule has 0 aromatic rings. The Labute approximate surface area is 530 Å². The standard InChI is InChI=1S/C73H133NO13/c1-3-5-7-9-11-13-15-17-19-21-23-25-26-27-28-29-30-31-32-33-34-35-37-38-40-42-44-46-48-50-52-54-56-62(77)61(60-84-72-70(83)68(81)71(64(59-76)86-72)87-73-69(82)67(80)66(79)63(58-75)85-73)74-65(78)57-55-53-51-49-47-45-43-41-39-36-24-22-20-18-16-14-12-10-8-6-4-2/h16,18,22,24,38,40,46,48,54,56,61-64,66-73,75-77,79-83H,3-15,17,19-21,23,25-37,39,41-45,47,49-53,55,57-60H2,1-2H3,(H,74,78)/b18-16-,24-22-,40-38+,48-46+,56-54+. The van der Waals surface area contributed by atoms with Crippen molar-refractivity contribution in [3.8, 4) is 0 Å². The van der Waals surface area contributed by atoms with E-state index in [0.717, 1.165) is 57.8 Å². The molecule has 508 valence electrons. The van der Waals surface area contributed by atoms with Crippen LogP contribution in [0.15, 0.2) is 60.8 Å². The Bertz CT molecular complexity index is 1690.